The van der Waals surface area contributed by atoms with Crippen molar-refractivity contribution in [1.82, 2.24) is 10.2 Å². The van der Waals surface area contributed by atoms with Gasteiger partial charge < -0.3 is 10.1 Å². The van der Waals surface area contributed by atoms with Crippen molar-refractivity contribution < 1.29 is 4.74 Å². The first-order valence-corrected chi connectivity index (χ1v) is 7.76. The van der Waals surface area contributed by atoms with Gasteiger partial charge in [-0.15, -0.1) is 0 Å². The maximum atomic E-state index is 5.74. The summed E-state index contributed by atoms with van der Waals surface area (Å²) in [7, 11) is 0. The predicted molar refractivity (Wildman–Crippen MR) is 78.1 cm³/mol. The zero-order chi connectivity index (χ0) is 13.4. The Hall–Kier alpha value is -0.120. The first kappa shape index (κ1) is 15.9. The lowest BCUT2D eigenvalue weighted by Gasteiger charge is -2.38. The van der Waals surface area contributed by atoms with Crippen LogP contribution < -0.4 is 5.32 Å². The quantitative estimate of drug-likeness (QED) is 0.722. The SMILES string of the molecule is CCCNC(C)CCCN1CC(C)OCC1CC. The summed E-state index contributed by atoms with van der Waals surface area (Å²) in [5.41, 5.74) is 0. The third-order valence-electron chi connectivity index (χ3n) is 3.88. The summed E-state index contributed by atoms with van der Waals surface area (Å²) in [5, 5.41) is 3.56. The Balaban J connectivity index is 2.19. The fourth-order valence-corrected chi connectivity index (χ4v) is 2.66. The molecule has 0 aromatic heterocycles. The van der Waals surface area contributed by atoms with Gasteiger partial charge in [-0.1, -0.05) is 13.8 Å². The highest BCUT2D eigenvalue weighted by Crippen LogP contribution is 2.15. The van der Waals surface area contributed by atoms with Crippen molar-refractivity contribution in [1.29, 1.82) is 0 Å². The summed E-state index contributed by atoms with van der Waals surface area (Å²) in [5.74, 6) is 0. The van der Waals surface area contributed by atoms with Gasteiger partial charge in [-0.25, -0.2) is 0 Å². The van der Waals surface area contributed by atoms with Gasteiger partial charge in [-0.3, -0.25) is 4.90 Å². The molecule has 3 heteroatoms. The highest BCUT2D eigenvalue weighted by Gasteiger charge is 2.24. The topological polar surface area (TPSA) is 24.5 Å². The fraction of sp³-hybridized carbons (Fsp3) is 1.00. The largest absolute Gasteiger partial charge is 0.376 e. The fourth-order valence-electron chi connectivity index (χ4n) is 2.66. The minimum Gasteiger partial charge on any atom is -0.376 e. The van der Waals surface area contributed by atoms with Crippen molar-refractivity contribution in [2.75, 3.05) is 26.2 Å². The zero-order valence-corrected chi connectivity index (χ0v) is 12.7. The van der Waals surface area contributed by atoms with Gasteiger partial charge in [0, 0.05) is 18.6 Å². The van der Waals surface area contributed by atoms with Crippen LogP contribution in [-0.2, 0) is 4.74 Å². The van der Waals surface area contributed by atoms with Crippen LogP contribution in [0.3, 0.4) is 0 Å². The standard InChI is InChI=1S/C15H32N2O/c1-5-9-16-13(3)8-7-10-17-11-14(4)18-12-15(17)6-2/h13-16H,5-12H2,1-4H3. The summed E-state index contributed by atoms with van der Waals surface area (Å²) in [6, 6.07) is 1.29. The second-order valence-corrected chi connectivity index (χ2v) is 5.70. The molecule has 18 heavy (non-hydrogen) atoms. The Labute approximate surface area is 113 Å². The zero-order valence-electron chi connectivity index (χ0n) is 12.7. The van der Waals surface area contributed by atoms with Crippen molar-refractivity contribution in [2.45, 2.75) is 71.6 Å². The second kappa shape index (κ2) is 8.89. The van der Waals surface area contributed by atoms with Crippen molar-refractivity contribution in [3.05, 3.63) is 0 Å². The van der Waals surface area contributed by atoms with Crippen molar-refractivity contribution in [3.8, 4) is 0 Å². The van der Waals surface area contributed by atoms with Crippen LogP contribution in [0.2, 0.25) is 0 Å². The summed E-state index contributed by atoms with van der Waals surface area (Å²) >= 11 is 0. The van der Waals surface area contributed by atoms with Crippen LogP contribution in [0.15, 0.2) is 0 Å². The average molecular weight is 256 g/mol. The van der Waals surface area contributed by atoms with Crippen LogP contribution in [0.1, 0.15) is 53.4 Å². The van der Waals surface area contributed by atoms with Crippen LogP contribution in [0.4, 0.5) is 0 Å². The summed E-state index contributed by atoms with van der Waals surface area (Å²) < 4.78 is 5.74. The van der Waals surface area contributed by atoms with Gasteiger partial charge in [-0.05, 0) is 52.6 Å². The molecule has 108 valence electrons. The minimum atomic E-state index is 0.406. The number of rotatable bonds is 8. The second-order valence-electron chi connectivity index (χ2n) is 5.70. The van der Waals surface area contributed by atoms with Crippen LogP contribution in [0.5, 0.6) is 0 Å². The van der Waals surface area contributed by atoms with E-state index in [4.69, 9.17) is 4.74 Å². The molecule has 0 amide bonds. The third kappa shape index (κ3) is 5.68. The van der Waals surface area contributed by atoms with E-state index in [1.165, 1.54) is 32.2 Å². The summed E-state index contributed by atoms with van der Waals surface area (Å²) in [6.45, 7) is 13.4. The van der Waals surface area contributed by atoms with Gasteiger partial charge in [-0.2, -0.15) is 0 Å². The van der Waals surface area contributed by atoms with Crippen LogP contribution >= 0.6 is 0 Å². The Morgan fingerprint density at radius 3 is 2.83 bits per heavy atom. The van der Waals surface area contributed by atoms with E-state index >= 15 is 0 Å². The van der Waals surface area contributed by atoms with Crippen LogP contribution in [0, 0.1) is 0 Å². The lowest BCUT2D eigenvalue weighted by Crippen LogP contribution is -2.48. The lowest BCUT2D eigenvalue weighted by molar-refractivity contribution is -0.0562. The molecule has 1 heterocycles. The third-order valence-corrected chi connectivity index (χ3v) is 3.88. The van der Waals surface area contributed by atoms with Crippen molar-refractivity contribution in [3.63, 3.8) is 0 Å². The van der Waals surface area contributed by atoms with Crippen molar-refractivity contribution in [2.24, 2.45) is 0 Å². The summed E-state index contributed by atoms with van der Waals surface area (Å²) in [4.78, 5) is 2.63. The monoisotopic (exact) mass is 256 g/mol. The highest BCUT2D eigenvalue weighted by atomic mass is 16.5. The highest BCUT2D eigenvalue weighted by molar-refractivity contribution is 4.77. The molecule has 0 radical (unpaired) electrons. The Morgan fingerprint density at radius 2 is 2.17 bits per heavy atom. The Kier molecular flexibility index (Phi) is 7.87. The molecule has 3 unspecified atom stereocenters. The smallest absolute Gasteiger partial charge is 0.0674 e. The molecule has 1 fully saturated rings. The lowest BCUT2D eigenvalue weighted by atomic mass is 10.1. The molecule has 3 atom stereocenters. The van der Waals surface area contributed by atoms with E-state index in [0.717, 1.165) is 19.7 Å². The van der Waals surface area contributed by atoms with Gasteiger partial charge in [0.25, 0.3) is 0 Å². The first-order chi connectivity index (χ1) is 8.67. The minimum absolute atomic E-state index is 0.406. The number of morpholine rings is 1. The molecular formula is C15H32N2O. The van der Waals surface area contributed by atoms with Gasteiger partial charge in [0.05, 0.1) is 12.7 Å². The molecule has 0 spiro atoms. The maximum Gasteiger partial charge on any atom is 0.0674 e. The number of nitrogens with one attached hydrogen (secondary N) is 1. The normalized spacial score (nSPS) is 27.3. The molecule has 1 N–H and O–H groups in total. The number of ether oxygens (including phenoxy) is 1. The molecule has 1 rings (SSSR count). The van der Waals surface area contributed by atoms with E-state index in [1.54, 1.807) is 0 Å². The first-order valence-electron chi connectivity index (χ1n) is 7.76. The number of hydrogen-bond acceptors (Lipinski definition) is 3. The van der Waals surface area contributed by atoms with E-state index in [-0.39, 0.29) is 0 Å². The molecule has 1 saturated heterocycles. The van der Waals surface area contributed by atoms with E-state index in [2.05, 4.69) is 37.9 Å². The molecule has 0 bridgehead atoms. The molecule has 0 saturated carbocycles. The summed E-state index contributed by atoms with van der Waals surface area (Å²) in [6.07, 6.45) is 5.41. The van der Waals surface area contributed by atoms with E-state index < -0.39 is 0 Å². The van der Waals surface area contributed by atoms with E-state index in [9.17, 15) is 0 Å². The van der Waals surface area contributed by atoms with Gasteiger partial charge in [0.15, 0.2) is 0 Å². The molecule has 1 aliphatic rings. The van der Waals surface area contributed by atoms with E-state index in [0.29, 0.717) is 18.2 Å². The molecule has 0 aromatic rings. The van der Waals surface area contributed by atoms with Gasteiger partial charge in [0.2, 0.25) is 0 Å². The maximum absolute atomic E-state index is 5.74. The number of nitrogens with zero attached hydrogens (tertiary/aromatic N) is 1. The van der Waals surface area contributed by atoms with Crippen LogP contribution in [0.25, 0.3) is 0 Å². The van der Waals surface area contributed by atoms with Crippen molar-refractivity contribution >= 4 is 0 Å². The van der Waals surface area contributed by atoms with E-state index in [1.807, 2.05) is 0 Å². The molecule has 1 aliphatic heterocycles. The van der Waals surface area contributed by atoms with Crippen LogP contribution in [-0.4, -0.2) is 49.3 Å². The Morgan fingerprint density at radius 1 is 1.39 bits per heavy atom. The number of hydrogen-bond donors (Lipinski definition) is 1. The van der Waals surface area contributed by atoms with Gasteiger partial charge in [0.1, 0.15) is 0 Å². The Bertz CT molecular complexity index is 211. The average Bonchev–Trinajstić information content (AvgIpc) is 2.36. The molecule has 3 nitrogen and oxygen atoms in total. The molecule has 0 aliphatic carbocycles. The molecule has 0 aromatic carbocycles. The predicted octanol–water partition coefficient (Wildman–Crippen LogP) is 2.65. The van der Waals surface area contributed by atoms with Gasteiger partial charge >= 0.3 is 0 Å². The molecular weight excluding hydrogens is 224 g/mol.